The number of aromatic amines is 1. The first-order valence-electron chi connectivity index (χ1n) is 9.94. The van der Waals surface area contributed by atoms with E-state index in [9.17, 15) is 14.7 Å². The molecule has 32 heavy (non-hydrogen) atoms. The number of hydrogen-bond donors (Lipinski definition) is 3. The van der Waals surface area contributed by atoms with Crippen molar-refractivity contribution in [3.63, 3.8) is 0 Å². The summed E-state index contributed by atoms with van der Waals surface area (Å²) in [7, 11) is 1.53. The van der Waals surface area contributed by atoms with E-state index in [1.165, 1.54) is 24.8 Å². The summed E-state index contributed by atoms with van der Waals surface area (Å²) < 4.78 is 10.1. The van der Waals surface area contributed by atoms with Gasteiger partial charge in [-0.15, -0.1) is 11.3 Å². The SMILES string of the molecule is COCCOC(=O)c1sc2ncnc(NC(Cc3c[nH]c4ccccc34)C(=O)O)c2c1C. The summed E-state index contributed by atoms with van der Waals surface area (Å²) in [6.45, 7) is 2.22. The Bertz CT molecular complexity index is 1280. The minimum Gasteiger partial charge on any atom is -0.480 e. The van der Waals surface area contributed by atoms with Gasteiger partial charge in [-0.25, -0.2) is 19.6 Å². The summed E-state index contributed by atoms with van der Waals surface area (Å²) in [5.41, 5.74) is 2.48. The second-order valence-corrected chi connectivity index (χ2v) is 8.19. The molecule has 0 saturated heterocycles. The number of rotatable bonds is 9. The molecule has 0 aliphatic heterocycles. The maximum atomic E-state index is 12.5. The molecule has 4 aromatic rings. The number of nitrogens with one attached hydrogen (secondary N) is 2. The van der Waals surface area contributed by atoms with Crippen molar-refractivity contribution in [1.29, 1.82) is 0 Å². The Morgan fingerprint density at radius 2 is 2.06 bits per heavy atom. The second kappa shape index (κ2) is 9.33. The average molecular weight is 455 g/mol. The molecule has 0 spiro atoms. The zero-order chi connectivity index (χ0) is 22.7. The highest BCUT2D eigenvalue weighted by Crippen LogP contribution is 2.34. The average Bonchev–Trinajstić information content (AvgIpc) is 3.35. The molecule has 1 atom stereocenters. The molecule has 0 aliphatic rings. The number of nitrogens with zero attached hydrogens (tertiary/aromatic N) is 2. The number of carboxylic acid groups (broad SMARTS) is 1. The van der Waals surface area contributed by atoms with Crippen LogP contribution in [0, 0.1) is 6.92 Å². The molecular formula is C22H22N4O5S. The lowest BCUT2D eigenvalue weighted by molar-refractivity contribution is -0.137. The van der Waals surface area contributed by atoms with Crippen LogP contribution in [0.3, 0.4) is 0 Å². The number of carbonyl (C=O) groups is 2. The number of carbonyl (C=O) groups excluding carboxylic acids is 1. The lowest BCUT2D eigenvalue weighted by Gasteiger charge is -2.15. The van der Waals surface area contributed by atoms with Crippen molar-refractivity contribution in [2.24, 2.45) is 0 Å². The predicted octanol–water partition coefficient (Wildman–Crippen LogP) is 3.39. The number of H-pyrrole nitrogens is 1. The van der Waals surface area contributed by atoms with Crippen LogP contribution in [0.5, 0.6) is 0 Å². The number of fused-ring (bicyclic) bond motifs is 2. The summed E-state index contributed by atoms with van der Waals surface area (Å²) in [6, 6.07) is 6.80. The molecule has 0 fully saturated rings. The number of anilines is 1. The molecule has 3 aromatic heterocycles. The summed E-state index contributed by atoms with van der Waals surface area (Å²) in [5.74, 6) is -1.11. The lowest BCUT2D eigenvalue weighted by atomic mass is 10.0. The van der Waals surface area contributed by atoms with Gasteiger partial charge in [0.25, 0.3) is 0 Å². The molecule has 10 heteroatoms. The Balaban J connectivity index is 1.63. The number of hydrogen-bond acceptors (Lipinski definition) is 8. The molecular weight excluding hydrogens is 432 g/mol. The van der Waals surface area contributed by atoms with E-state index >= 15 is 0 Å². The van der Waals surface area contributed by atoms with Crippen molar-refractivity contribution in [2.45, 2.75) is 19.4 Å². The Hall–Kier alpha value is -3.50. The van der Waals surface area contributed by atoms with Gasteiger partial charge in [-0.2, -0.15) is 0 Å². The van der Waals surface area contributed by atoms with E-state index in [0.717, 1.165) is 16.5 Å². The fourth-order valence-electron chi connectivity index (χ4n) is 3.54. The molecule has 1 aromatic carbocycles. The number of thiophene rings is 1. The summed E-state index contributed by atoms with van der Waals surface area (Å²) in [6.07, 6.45) is 3.42. The molecule has 0 aliphatic carbocycles. The molecule has 9 nitrogen and oxygen atoms in total. The molecule has 0 saturated carbocycles. The number of ether oxygens (including phenoxy) is 2. The Kier molecular flexibility index (Phi) is 6.33. The number of carboxylic acids is 1. The highest BCUT2D eigenvalue weighted by molar-refractivity contribution is 7.20. The van der Waals surface area contributed by atoms with Gasteiger partial charge in [0, 0.05) is 30.6 Å². The van der Waals surface area contributed by atoms with Crippen molar-refractivity contribution in [3.05, 3.63) is 52.8 Å². The predicted molar refractivity (Wildman–Crippen MR) is 121 cm³/mol. The van der Waals surface area contributed by atoms with Gasteiger partial charge in [0.2, 0.25) is 0 Å². The van der Waals surface area contributed by atoms with Crippen LogP contribution in [-0.2, 0) is 20.7 Å². The number of esters is 1. The third-order valence-electron chi connectivity index (χ3n) is 5.14. The molecule has 3 N–H and O–H groups in total. The number of aromatic nitrogens is 3. The highest BCUT2D eigenvalue weighted by atomic mass is 32.1. The lowest BCUT2D eigenvalue weighted by Crippen LogP contribution is -2.32. The fourth-order valence-corrected chi connectivity index (χ4v) is 4.59. The summed E-state index contributed by atoms with van der Waals surface area (Å²) >= 11 is 1.19. The first-order chi connectivity index (χ1) is 15.5. The largest absolute Gasteiger partial charge is 0.480 e. The van der Waals surface area contributed by atoms with Crippen LogP contribution in [0.4, 0.5) is 5.82 Å². The van der Waals surface area contributed by atoms with Crippen molar-refractivity contribution in [1.82, 2.24) is 15.0 Å². The van der Waals surface area contributed by atoms with Crippen LogP contribution in [0.25, 0.3) is 21.1 Å². The van der Waals surface area contributed by atoms with Gasteiger partial charge in [-0.3, -0.25) is 0 Å². The topological polar surface area (TPSA) is 126 Å². The Morgan fingerprint density at radius 1 is 1.25 bits per heavy atom. The summed E-state index contributed by atoms with van der Waals surface area (Å²) in [5, 5.41) is 14.5. The first-order valence-corrected chi connectivity index (χ1v) is 10.8. The van der Waals surface area contributed by atoms with Gasteiger partial charge in [0.05, 0.1) is 12.0 Å². The minimum atomic E-state index is -1.01. The minimum absolute atomic E-state index is 0.144. The van der Waals surface area contributed by atoms with Crippen molar-refractivity contribution < 1.29 is 24.2 Å². The number of aliphatic carboxylic acids is 1. The van der Waals surface area contributed by atoms with Crippen LogP contribution in [0.15, 0.2) is 36.8 Å². The van der Waals surface area contributed by atoms with E-state index in [0.29, 0.717) is 33.1 Å². The Morgan fingerprint density at radius 3 is 2.84 bits per heavy atom. The van der Waals surface area contributed by atoms with Crippen molar-refractivity contribution in [2.75, 3.05) is 25.6 Å². The van der Waals surface area contributed by atoms with Crippen LogP contribution < -0.4 is 5.32 Å². The highest BCUT2D eigenvalue weighted by Gasteiger charge is 2.24. The molecule has 0 amide bonds. The van der Waals surface area contributed by atoms with Crippen LogP contribution in [0.1, 0.15) is 20.8 Å². The van der Waals surface area contributed by atoms with Crippen molar-refractivity contribution >= 4 is 50.2 Å². The van der Waals surface area contributed by atoms with E-state index in [2.05, 4.69) is 20.3 Å². The van der Waals surface area contributed by atoms with Crippen LogP contribution >= 0.6 is 11.3 Å². The van der Waals surface area contributed by atoms with E-state index < -0.39 is 18.0 Å². The number of aryl methyl sites for hydroxylation is 1. The third-order valence-corrected chi connectivity index (χ3v) is 6.32. The summed E-state index contributed by atoms with van der Waals surface area (Å²) in [4.78, 5) is 37.2. The fraction of sp³-hybridized carbons (Fsp3) is 0.273. The van der Waals surface area contributed by atoms with E-state index in [1.54, 1.807) is 6.92 Å². The molecule has 3 heterocycles. The van der Waals surface area contributed by atoms with Gasteiger partial charge >= 0.3 is 11.9 Å². The number of para-hydroxylation sites is 1. The number of methoxy groups -OCH3 is 1. The zero-order valence-corrected chi connectivity index (χ0v) is 18.4. The number of benzene rings is 1. The first kappa shape index (κ1) is 21.7. The molecule has 0 bridgehead atoms. The van der Waals surface area contributed by atoms with Gasteiger partial charge in [-0.05, 0) is 24.1 Å². The smallest absolute Gasteiger partial charge is 0.348 e. The van der Waals surface area contributed by atoms with Gasteiger partial charge in [0.1, 0.15) is 34.5 Å². The van der Waals surface area contributed by atoms with E-state index in [4.69, 9.17) is 9.47 Å². The van der Waals surface area contributed by atoms with Crippen molar-refractivity contribution in [3.8, 4) is 0 Å². The van der Waals surface area contributed by atoms with Gasteiger partial charge in [-0.1, -0.05) is 18.2 Å². The third kappa shape index (κ3) is 4.27. The zero-order valence-electron chi connectivity index (χ0n) is 17.5. The molecule has 4 rings (SSSR count). The molecule has 1 unspecified atom stereocenters. The molecule has 0 radical (unpaired) electrons. The van der Waals surface area contributed by atoms with Gasteiger partial charge in [0.15, 0.2) is 0 Å². The maximum absolute atomic E-state index is 12.5. The van der Waals surface area contributed by atoms with E-state index in [1.807, 2.05) is 30.5 Å². The standard InChI is InChI=1S/C22H22N4O5S/c1-12-17-19(24-11-25-20(17)32-18(12)22(29)31-8-7-30-2)26-16(21(27)28)9-13-10-23-15-6-4-3-5-14(13)15/h3-6,10-11,16,23H,7-9H2,1-2H3,(H,27,28)(H,24,25,26). The van der Waals surface area contributed by atoms with Crippen LogP contribution in [0.2, 0.25) is 0 Å². The molecule has 166 valence electrons. The second-order valence-electron chi connectivity index (χ2n) is 7.19. The van der Waals surface area contributed by atoms with E-state index in [-0.39, 0.29) is 13.0 Å². The quantitative estimate of drug-likeness (QED) is 0.259. The maximum Gasteiger partial charge on any atom is 0.348 e. The monoisotopic (exact) mass is 454 g/mol. The van der Waals surface area contributed by atoms with Gasteiger partial charge < -0.3 is 24.9 Å². The Labute approximate surface area is 187 Å². The normalized spacial score (nSPS) is 12.2. The van der Waals surface area contributed by atoms with Crippen LogP contribution in [-0.4, -0.2) is 58.4 Å².